The molecule has 1 aliphatic rings. The Balaban J connectivity index is 1.44. The van der Waals surface area contributed by atoms with Crippen LogP contribution in [-0.4, -0.2) is 33.9 Å². The first-order valence-corrected chi connectivity index (χ1v) is 11.1. The molecule has 5 nitrogen and oxygen atoms in total. The van der Waals surface area contributed by atoms with Crippen molar-refractivity contribution in [3.05, 3.63) is 88.8 Å². The molecule has 3 aromatic rings. The normalized spacial score (nSPS) is 16.7. The summed E-state index contributed by atoms with van der Waals surface area (Å²) in [6, 6.07) is 16.7. The highest BCUT2D eigenvalue weighted by molar-refractivity contribution is 5.92. The summed E-state index contributed by atoms with van der Waals surface area (Å²) in [7, 11) is 0. The van der Waals surface area contributed by atoms with E-state index in [4.69, 9.17) is 9.97 Å². The molecule has 0 aliphatic carbocycles. The number of benzene rings is 2. The van der Waals surface area contributed by atoms with E-state index in [2.05, 4.69) is 34.5 Å². The standard InChI is InChI=1S/C26H29FN4O/c1-18-22(15-25(32)30-24-13-7-6-12-23(24)27)19(2)29-26(28-18)21-11-8-14-31(17-21)16-20-9-4-3-5-10-20/h3-7,9-10,12-13,21H,8,11,14-17H2,1-2H3,(H,30,32)/t21-/m1/s1. The summed E-state index contributed by atoms with van der Waals surface area (Å²) >= 11 is 0. The Morgan fingerprint density at radius 1 is 1.06 bits per heavy atom. The average Bonchev–Trinajstić information content (AvgIpc) is 2.78. The third kappa shape index (κ3) is 5.37. The first-order chi connectivity index (χ1) is 15.5. The van der Waals surface area contributed by atoms with Gasteiger partial charge in [0.15, 0.2) is 0 Å². The van der Waals surface area contributed by atoms with Crippen LogP contribution in [0.1, 0.15) is 47.1 Å². The Morgan fingerprint density at radius 3 is 2.47 bits per heavy atom. The van der Waals surface area contributed by atoms with Crippen molar-refractivity contribution in [1.82, 2.24) is 14.9 Å². The van der Waals surface area contributed by atoms with E-state index in [1.54, 1.807) is 18.2 Å². The fourth-order valence-electron chi connectivity index (χ4n) is 4.37. The van der Waals surface area contributed by atoms with Crippen LogP contribution in [0.3, 0.4) is 0 Å². The van der Waals surface area contributed by atoms with Crippen molar-refractivity contribution in [3.8, 4) is 0 Å². The highest BCUT2D eigenvalue weighted by atomic mass is 19.1. The minimum absolute atomic E-state index is 0.122. The number of carbonyl (C=O) groups is 1. The molecular weight excluding hydrogens is 403 g/mol. The van der Waals surface area contributed by atoms with Crippen molar-refractivity contribution in [1.29, 1.82) is 0 Å². The highest BCUT2D eigenvalue weighted by Crippen LogP contribution is 2.27. The monoisotopic (exact) mass is 432 g/mol. The van der Waals surface area contributed by atoms with E-state index in [0.717, 1.165) is 55.3 Å². The number of halogens is 1. The molecule has 0 unspecified atom stereocenters. The predicted octanol–water partition coefficient (Wildman–Crippen LogP) is 4.79. The molecule has 0 radical (unpaired) electrons. The van der Waals surface area contributed by atoms with Gasteiger partial charge in [-0.05, 0) is 50.9 Å². The Morgan fingerprint density at radius 2 is 1.75 bits per heavy atom. The fraction of sp³-hybridized carbons (Fsp3) is 0.346. The van der Waals surface area contributed by atoms with Crippen LogP contribution in [0.5, 0.6) is 0 Å². The molecule has 4 rings (SSSR count). The van der Waals surface area contributed by atoms with Gasteiger partial charge in [0.25, 0.3) is 0 Å². The maximum atomic E-state index is 13.8. The van der Waals surface area contributed by atoms with Crippen LogP contribution in [0.25, 0.3) is 0 Å². The van der Waals surface area contributed by atoms with Crippen LogP contribution in [0, 0.1) is 19.7 Å². The lowest BCUT2D eigenvalue weighted by Gasteiger charge is -2.32. The van der Waals surface area contributed by atoms with Crippen LogP contribution < -0.4 is 5.32 Å². The minimum Gasteiger partial charge on any atom is -0.323 e. The molecule has 2 heterocycles. The van der Waals surface area contributed by atoms with Gasteiger partial charge in [0.05, 0.1) is 12.1 Å². The number of aromatic nitrogens is 2. The molecule has 0 spiro atoms. The Bertz CT molecular complexity index is 1060. The van der Waals surface area contributed by atoms with E-state index in [1.165, 1.54) is 11.6 Å². The smallest absolute Gasteiger partial charge is 0.229 e. The quantitative estimate of drug-likeness (QED) is 0.608. The van der Waals surface area contributed by atoms with E-state index in [0.29, 0.717) is 0 Å². The second-order valence-corrected chi connectivity index (χ2v) is 8.50. The molecule has 6 heteroatoms. The molecule has 1 aliphatic heterocycles. The Kier molecular flexibility index (Phi) is 6.90. The number of rotatable bonds is 6. The van der Waals surface area contributed by atoms with E-state index >= 15 is 0 Å². The van der Waals surface area contributed by atoms with Gasteiger partial charge in [-0.25, -0.2) is 14.4 Å². The number of likely N-dealkylation sites (tertiary alicyclic amines) is 1. The van der Waals surface area contributed by atoms with E-state index < -0.39 is 5.82 Å². The van der Waals surface area contributed by atoms with Crippen LogP contribution in [0.2, 0.25) is 0 Å². The SMILES string of the molecule is Cc1nc([C@@H]2CCCN(Cc3ccccc3)C2)nc(C)c1CC(=O)Nc1ccccc1F. The van der Waals surface area contributed by atoms with Crippen molar-refractivity contribution < 1.29 is 9.18 Å². The van der Waals surface area contributed by atoms with Gasteiger partial charge in [0, 0.05) is 36.0 Å². The lowest BCUT2D eigenvalue weighted by molar-refractivity contribution is -0.115. The van der Waals surface area contributed by atoms with Gasteiger partial charge in [-0.3, -0.25) is 9.69 Å². The molecular formula is C26H29FN4O. The first-order valence-electron chi connectivity index (χ1n) is 11.1. The maximum Gasteiger partial charge on any atom is 0.229 e. The molecule has 2 aromatic carbocycles. The predicted molar refractivity (Wildman–Crippen MR) is 124 cm³/mol. The number of nitrogens with one attached hydrogen (secondary N) is 1. The number of piperidine rings is 1. The third-order valence-electron chi connectivity index (χ3n) is 6.04. The van der Waals surface area contributed by atoms with Gasteiger partial charge in [-0.2, -0.15) is 0 Å². The fourth-order valence-corrected chi connectivity index (χ4v) is 4.37. The summed E-state index contributed by atoms with van der Waals surface area (Å²) < 4.78 is 13.8. The van der Waals surface area contributed by atoms with E-state index in [9.17, 15) is 9.18 Å². The number of para-hydroxylation sites is 1. The molecule has 1 atom stereocenters. The molecule has 1 amide bonds. The molecule has 0 saturated carbocycles. The largest absolute Gasteiger partial charge is 0.323 e. The van der Waals surface area contributed by atoms with Crippen molar-refractivity contribution >= 4 is 11.6 Å². The molecule has 166 valence electrons. The summed E-state index contributed by atoms with van der Waals surface area (Å²) in [5, 5.41) is 2.64. The third-order valence-corrected chi connectivity index (χ3v) is 6.04. The Hall–Kier alpha value is -3.12. The van der Waals surface area contributed by atoms with Crippen molar-refractivity contribution in [2.45, 2.75) is 45.6 Å². The average molecular weight is 433 g/mol. The second-order valence-electron chi connectivity index (χ2n) is 8.50. The minimum atomic E-state index is -0.446. The van der Waals surface area contributed by atoms with Gasteiger partial charge in [-0.15, -0.1) is 0 Å². The van der Waals surface area contributed by atoms with Gasteiger partial charge in [0.1, 0.15) is 11.6 Å². The molecule has 1 saturated heterocycles. The van der Waals surface area contributed by atoms with Gasteiger partial charge < -0.3 is 5.32 Å². The van der Waals surface area contributed by atoms with Crippen molar-refractivity contribution in [2.75, 3.05) is 18.4 Å². The molecule has 32 heavy (non-hydrogen) atoms. The van der Waals surface area contributed by atoms with Crippen molar-refractivity contribution in [3.63, 3.8) is 0 Å². The molecule has 1 aromatic heterocycles. The molecule has 0 bridgehead atoms. The van der Waals surface area contributed by atoms with Crippen LogP contribution in [0.15, 0.2) is 54.6 Å². The van der Waals surface area contributed by atoms with Gasteiger partial charge in [-0.1, -0.05) is 42.5 Å². The molecule has 1 N–H and O–H groups in total. The maximum absolute atomic E-state index is 13.8. The lowest BCUT2D eigenvalue weighted by atomic mass is 9.96. The van der Waals surface area contributed by atoms with Crippen molar-refractivity contribution in [2.24, 2.45) is 0 Å². The summed E-state index contributed by atoms with van der Waals surface area (Å²) in [5.41, 5.74) is 3.94. The summed E-state index contributed by atoms with van der Waals surface area (Å²) in [5.74, 6) is 0.421. The van der Waals surface area contributed by atoms with Crippen LogP contribution in [0.4, 0.5) is 10.1 Å². The number of nitrogens with zero attached hydrogens (tertiary/aromatic N) is 3. The number of aryl methyl sites for hydroxylation is 2. The topological polar surface area (TPSA) is 58.1 Å². The Labute approximate surface area is 188 Å². The zero-order valence-electron chi connectivity index (χ0n) is 18.6. The van der Waals surface area contributed by atoms with Gasteiger partial charge in [0.2, 0.25) is 5.91 Å². The zero-order valence-corrected chi connectivity index (χ0v) is 18.6. The number of amides is 1. The van der Waals surface area contributed by atoms with E-state index in [-0.39, 0.29) is 23.9 Å². The highest BCUT2D eigenvalue weighted by Gasteiger charge is 2.25. The van der Waals surface area contributed by atoms with Gasteiger partial charge >= 0.3 is 0 Å². The number of hydrogen-bond acceptors (Lipinski definition) is 4. The van der Waals surface area contributed by atoms with Crippen LogP contribution >= 0.6 is 0 Å². The van der Waals surface area contributed by atoms with E-state index in [1.807, 2.05) is 19.9 Å². The zero-order chi connectivity index (χ0) is 22.5. The second kappa shape index (κ2) is 10.0. The number of anilines is 1. The first kappa shape index (κ1) is 22.1. The van der Waals surface area contributed by atoms with Crippen LogP contribution in [-0.2, 0) is 17.8 Å². The molecule has 1 fully saturated rings. The number of hydrogen-bond donors (Lipinski definition) is 1. The summed E-state index contributed by atoms with van der Waals surface area (Å²) in [4.78, 5) is 24.5. The summed E-state index contributed by atoms with van der Waals surface area (Å²) in [6.07, 6.45) is 2.31. The lowest BCUT2D eigenvalue weighted by Crippen LogP contribution is -2.34. The summed E-state index contributed by atoms with van der Waals surface area (Å²) in [6.45, 7) is 6.80. The number of carbonyl (C=O) groups excluding carboxylic acids is 1.